The predicted molar refractivity (Wildman–Crippen MR) is 74.8 cm³/mol. The van der Waals surface area contributed by atoms with E-state index in [0.29, 0.717) is 29.7 Å². The summed E-state index contributed by atoms with van der Waals surface area (Å²) in [4.78, 5) is 0. The van der Waals surface area contributed by atoms with Crippen molar-refractivity contribution in [2.75, 3.05) is 7.05 Å². The fourth-order valence-electron chi connectivity index (χ4n) is 1.73. The van der Waals surface area contributed by atoms with Crippen molar-refractivity contribution in [3.63, 3.8) is 0 Å². The van der Waals surface area contributed by atoms with Crippen molar-refractivity contribution in [1.82, 2.24) is 5.32 Å². The molecule has 0 aliphatic carbocycles. The van der Waals surface area contributed by atoms with Gasteiger partial charge in [-0.05, 0) is 37.3 Å². The molecule has 0 aliphatic rings. The van der Waals surface area contributed by atoms with Gasteiger partial charge in [0.05, 0.1) is 5.57 Å². The van der Waals surface area contributed by atoms with E-state index in [-0.39, 0.29) is 5.92 Å². The third kappa shape index (κ3) is 5.13. The molecule has 0 aromatic heterocycles. The Morgan fingerprint density at radius 3 is 2.16 bits per heavy atom. The van der Waals surface area contributed by atoms with E-state index in [1.807, 2.05) is 20.8 Å². The minimum atomic E-state index is -4.33. The average Bonchev–Trinajstić information content (AvgIpc) is 2.35. The SMILES string of the molecule is C=C(NC)/C(=C\C(=C(\C)C(C)CC)C(F)(F)F)CC. The smallest absolute Gasteiger partial charge is 0.388 e. The summed E-state index contributed by atoms with van der Waals surface area (Å²) < 4.78 is 39.5. The second-order valence-corrected chi connectivity index (χ2v) is 4.66. The third-order valence-corrected chi connectivity index (χ3v) is 3.47. The Morgan fingerprint density at radius 1 is 1.32 bits per heavy atom. The van der Waals surface area contributed by atoms with Crippen molar-refractivity contribution in [3.05, 3.63) is 35.1 Å². The second kappa shape index (κ2) is 7.41. The van der Waals surface area contributed by atoms with Crippen molar-refractivity contribution in [3.8, 4) is 0 Å². The van der Waals surface area contributed by atoms with Crippen LogP contribution in [-0.4, -0.2) is 13.2 Å². The van der Waals surface area contributed by atoms with Crippen molar-refractivity contribution in [2.24, 2.45) is 5.92 Å². The highest BCUT2D eigenvalue weighted by Gasteiger charge is 2.34. The van der Waals surface area contributed by atoms with Crippen LogP contribution in [-0.2, 0) is 0 Å². The zero-order valence-corrected chi connectivity index (χ0v) is 12.4. The molecule has 1 nitrogen and oxygen atoms in total. The quantitative estimate of drug-likeness (QED) is 0.674. The van der Waals surface area contributed by atoms with Gasteiger partial charge in [0.25, 0.3) is 0 Å². The highest BCUT2D eigenvalue weighted by atomic mass is 19.4. The molecule has 0 amide bonds. The van der Waals surface area contributed by atoms with Crippen LogP contribution in [0, 0.1) is 5.92 Å². The molecule has 0 saturated carbocycles. The lowest BCUT2D eigenvalue weighted by Gasteiger charge is -2.18. The van der Waals surface area contributed by atoms with Gasteiger partial charge in [-0.3, -0.25) is 0 Å². The molecule has 0 spiro atoms. The number of allylic oxidation sites excluding steroid dienone is 4. The first-order chi connectivity index (χ1) is 8.68. The van der Waals surface area contributed by atoms with Crippen LogP contribution in [0.1, 0.15) is 40.5 Å². The molecule has 1 atom stereocenters. The topological polar surface area (TPSA) is 12.0 Å². The molecule has 0 aromatic rings. The number of halogens is 3. The largest absolute Gasteiger partial charge is 0.416 e. The van der Waals surface area contributed by atoms with Crippen LogP contribution in [0.15, 0.2) is 35.1 Å². The van der Waals surface area contributed by atoms with Crippen LogP contribution in [0.25, 0.3) is 0 Å². The third-order valence-electron chi connectivity index (χ3n) is 3.47. The number of hydrogen-bond acceptors (Lipinski definition) is 1. The van der Waals surface area contributed by atoms with E-state index in [1.165, 1.54) is 6.08 Å². The molecule has 1 unspecified atom stereocenters. The molecule has 0 saturated heterocycles. The Balaban J connectivity index is 5.78. The zero-order chi connectivity index (χ0) is 15.2. The van der Waals surface area contributed by atoms with Crippen LogP contribution in [0.4, 0.5) is 13.2 Å². The Kier molecular flexibility index (Phi) is 6.95. The summed E-state index contributed by atoms with van der Waals surface area (Å²) in [5, 5.41) is 2.80. The fourth-order valence-corrected chi connectivity index (χ4v) is 1.73. The first kappa shape index (κ1) is 17.8. The van der Waals surface area contributed by atoms with E-state index in [0.717, 1.165) is 0 Å². The summed E-state index contributed by atoms with van der Waals surface area (Å²) in [6.45, 7) is 10.8. The van der Waals surface area contributed by atoms with E-state index in [2.05, 4.69) is 11.9 Å². The van der Waals surface area contributed by atoms with Gasteiger partial charge in [-0.2, -0.15) is 13.2 Å². The lowest BCUT2D eigenvalue weighted by molar-refractivity contribution is -0.0894. The Bertz CT molecular complexity index is 375. The minimum Gasteiger partial charge on any atom is -0.388 e. The van der Waals surface area contributed by atoms with Gasteiger partial charge in [-0.25, -0.2) is 0 Å². The first-order valence-corrected chi connectivity index (χ1v) is 6.54. The lowest BCUT2D eigenvalue weighted by Crippen LogP contribution is -2.16. The van der Waals surface area contributed by atoms with Gasteiger partial charge >= 0.3 is 6.18 Å². The van der Waals surface area contributed by atoms with Gasteiger partial charge in [0.1, 0.15) is 0 Å². The molecule has 0 aromatic carbocycles. The first-order valence-electron chi connectivity index (χ1n) is 6.54. The molecule has 0 fully saturated rings. The highest BCUT2D eigenvalue weighted by molar-refractivity contribution is 5.39. The minimum absolute atomic E-state index is 0.0890. The molecular weight excluding hydrogens is 251 g/mol. The van der Waals surface area contributed by atoms with Crippen molar-refractivity contribution in [1.29, 1.82) is 0 Å². The van der Waals surface area contributed by atoms with E-state index in [4.69, 9.17) is 0 Å². The van der Waals surface area contributed by atoms with Gasteiger partial charge in [-0.15, -0.1) is 0 Å². The monoisotopic (exact) mass is 275 g/mol. The molecule has 0 heterocycles. The van der Waals surface area contributed by atoms with E-state index in [1.54, 1.807) is 14.0 Å². The number of hydrogen-bond donors (Lipinski definition) is 1. The summed E-state index contributed by atoms with van der Waals surface area (Å²) in [5.41, 5.74) is 0.943. The second-order valence-electron chi connectivity index (χ2n) is 4.66. The van der Waals surface area contributed by atoms with Crippen LogP contribution < -0.4 is 5.32 Å². The molecule has 0 radical (unpaired) electrons. The van der Waals surface area contributed by atoms with Gasteiger partial charge in [0.15, 0.2) is 0 Å². The fraction of sp³-hybridized carbons (Fsp3) is 0.600. The molecule has 0 aliphatic heterocycles. The van der Waals surface area contributed by atoms with Crippen LogP contribution >= 0.6 is 0 Å². The lowest BCUT2D eigenvalue weighted by atomic mass is 9.93. The van der Waals surface area contributed by atoms with Gasteiger partial charge < -0.3 is 5.32 Å². The molecule has 4 heteroatoms. The molecule has 110 valence electrons. The maximum Gasteiger partial charge on any atom is 0.416 e. The van der Waals surface area contributed by atoms with Gasteiger partial charge in [0.2, 0.25) is 0 Å². The molecule has 0 rings (SSSR count). The van der Waals surface area contributed by atoms with Crippen molar-refractivity contribution < 1.29 is 13.2 Å². The highest BCUT2D eigenvalue weighted by Crippen LogP contribution is 2.34. The molecule has 0 bridgehead atoms. The Morgan fingerprint density at radius 2 is 1.84 bits per heavy atom. The van der Waals surface area contributed by atoms with Gasteiger partial charge in [-0.1, -0.05) is 32.9 Å². The Hall–Kier alpha value is -1.19. The normalized spacial score (nSPS) is 15.9. The molecule has 1 N–H and O–H groups in total. The van der Waals surface area contributed by atoms with Crippen LogP contribution in [0.5, 0.6) is 0 Å². The summed E-state index contributed by atoms with van der Waals surface area (Å²) in [6.07, 6.45) is -1.91. The van der Waals surface area contributed by atoms with Crippen LogP contribution in [0.2, 0.25) is 0 Å². The summed E-state index contributed by atoms with van der Waals surface area (Å²) in [7, 11) is 1.66. The molecule has 19 heavy (non-hydrogen) atoms. The van der Waals surface area contributed by atoms with E-state index < -0.39 is 11.7 Å². The number of likely N-dealkylation sites (N-methyl/N-ethyl adjacent to an activating group) is 1. The number of alkyl halides is 3. The van der Waals surface area contributed by atoms with Crippen LogP contribution in [0.3, 0.4) is 0 Å². The van der Waals surface area contributed by atoms with Crippen molar-refractivity contribution >= 4 is 0 Å². The number of rotatable bonds is 6. The van der Waals surface area contributed by atoms with Crippen molar-refractivity contribution in [2.45, 2.75) is 46.7 Å². The van der Waals surface area contributed by atoms with E-state index in [9.17, 15) is 13.2 Å². The van der Waals surface area contributed by atoms with E-state index >= 15 is 0 Å². The average molecular weight is 275 g/mol. The summed E-state index contributed by atoms with van der Waals surface area (Å²) >= 11 is 0. The number of nitrogens with one attached hydrogen (secondary N) is 1. The maximum atomic E-state index is 13.2. The van der Waals surface area contributed by atoms with Gasteiger partial charge in [0, 0.05) is 12.7 Å². The maximum absolute atomic E-state index is 13.2. The summed E-state index contributed by atoms with van der Waals surface area (Å²) in [6, 6.07) is 0. The standard InChI is InChI=1S/C15H24F3N/c1-7-10(3)11(4)14(15(16,17)18)9-13(8-2)12(5)19-6/h9-10,19H,5,7-8H2,1-4,6H3/b13-9-,14-11+. The summed E-state index contributed by atoms with van der Waals surface area (Å²) in [5.74, 6) is -0.0890. The zero-order valence-electron chi connectivity index (χ0n) is 12.4. The molecular formula is C15H24F3N. The Labute approximate surface area is 114 Å². The predicted octanol–water partition coefficient (Wildman–Crippen LogP) is 4.98.